The van der Waals surface area contributed by atoms with Crippen molar-refractivity contribution in [2.24, 2.45) is 5.73 Å². The topological polar surface area (TPSA) is 150 Å². The Morgan fingerprint density at radius 3 is 2.38 bits per heavy atom. The fourth-order valence-corrected chi connectivity index (χ4v) is 4.85. The van der Waals surface area contributed by atoms with Gasteiger partial charge < -0.3 is 25.6 Å². The number of aromatic nitrogens is 3. The van der Waals surface area contributed by atoms with Crippen molar-refractivity contribution in [3.8, 4) is 22.8 Å². The molecule has 0 unspecified atom stereocenters. The van der Waals surface area contributed by atoms with E-state index >= 15 is 0 Å². The zero-order valence-electron chi connectivity index (χ0n) is 23.9. The van der Waals surface area contributed by atoms with Crippen LogP contribution in [0, 0.1) is 6.92 Å². The molecule has 16 heteroatoms. The van der Waals surface area contributed by atoms with E-state index in [1.165, 1.54) is 37.6 Å². The lowest BCUT2D eigenvalue weighted by atomic mass is 9.94. The summed E-state index contributed by atoms with van der Waals surface area (Å²) in [5.74, 6) is -1.79. The molecular formula is C29H25Cl3F3N5O5. The van der Waals surface area contributed by atoms with Crippen molar-refractivity contribution < 1.29 is 37.3 Å². The summed E-state index contributed by atoms with van der Waals surface area (Å²) >= 11 is 18.2. The maximum absolute atomic E-state index is 14.7. The summed E-state index contributed by atoms with van der Waals surface area (Å²) in [4.78, 5) is 37.5. The Labute approximate surface area is 269 Å². The molecule has 4 rings (SSSR count). The van der Waals surface area contributed by atoms with E-state index in [-0.39, 0.29) is 50.7 Å². The normalized spacial score (nSPS) is 12.9. The Hall–Kier alpha value is -3.91. The molecule has 1 aromatic carbocycles. The largest absolute Gasteiger partial charge is 0.494 e. The van der Waals surface area contributed by atoms with Crippen LogP contribution in [-0.2, 0) is 16.8 Å². The van der Waals surface area contributed by atoms with Crippen molar-refractivity contribution in [1.29, 1.82) is 0 Å². The molecule has 0 radical (unpaired) electrons. The predicted molar refractivity (Wildman–Crippen MR) is 162 cm³/mol. The van der Waals surface area contributed by atoms with Gasteiger partial charge in [0.05, 0.1) is 48.1 Å². The number of benzene rings is 1. The second-order valence-corrected chi connectivity index (χ2v) is 10.9. The number of halogens is 6. The predicted octanol–water partition coefficient (Wildman–Crippen LogP) is 5.58. The number of rotatable bonds is 10. The number of nitrogens with zero attached hydrogens (tertiary/aromatic N) is 3. The van der Waals surface area contributed by atoms with Gasteiger partial charge in [0.15, 0.2) is 0 Å². The summed E-state index contributed by atoms with van der Waals surface area (Å²) in [5.41, 5.74) is 1.18. The summed E-state index contributed by atoms with van der Waals surface area (Å²) in [5, 5.41) is 13.9. The highest BCUT2D eigenvalue weighted by molar-refractivity contribution is 6.41. The number of ether oxygens (including phenoxy) is 2. The van der Waals surface area contributed by atoms with Crippen LogP contribution >= 0.6 is 34.8 Å². The summed E-state index contributed by atoms with van der Waals surface area (Å²) in [6.45, 7) is 1.93. The third-order valence-corrected chi connectivity index (χ3v) is 7.73. The van der Waals surface area contributed by atoms with Crippen LogP contribution in [0.2, 0.25) is 15.2 Å². The van der Waals surface area contributed by atoms with Gasteiger partial charge in [0.2, 0.25) is 11.5 Å². The molecule has 0 saturated carbocycles. The first-order chi connectivity index (χ1) is 21.1. The molecule has 45 heavy (non-hydrogen) atoms. The number of nitrogens with one attached hydrogen (secondary N) is 1. The second-order valence-electron chi connectivity index (χ2n) is 9.76. The fourth-order valence-electron chi connectivity index (χ4n) is 4.42. The molecule has 4 aromatic rings. The molecule has 0 saturated heterocycles. The van der Waals surface area contributed by atoms with Crippen molar-refractivity contribution in [1.82, 2.24) is 20.3 Å². The van der Waals surface area contributed by atoms with Crippen molar-refractivity contribution in [3.05, 3.63) is 74.2 Å². The van der Waals surface area contributed by atoms with E-state index in [4.69, 9.17) is 50.0 Å². The van der Waals surface area contributed by atoms with E-state index in [0.29, 0.717) is 21.6 Å². The fraction of sp³-hybridized carbons (Fsp3) is 0.276. The van der Waals surface area contributed by atoms with Gasteiger partial charge in [-0.3, -0.25) is 9.59 Å². The van der Waals surface area contributed by atoms with Crippen molar-refractivity contribution in [2.75, 3.05) is 20.3 Å². The number of carbonyl (C=O) groups is 2. The smallest absolute Gasteiger partial charge is 0.424 e. The monoisotopic (exact) mass is 685 g/mol. The number of amides is 2. The third kappa shape index (κ3) is 7.01. The Morgan fingerprint density at radius 2 is 1.78 bits per heavy atom. The Kier molecular flexibility index (Phi) is 9.98. The van der Waals surface area contributed by atoms with Crippen LogP contribution in [0.1, 0.15) is 34.2 Å². The van der Waals surface area contributed by atoms with Crippen molar-refractivity contribution in [2.45, 2.75) is 32.0 Å². The van der Waals surface area contributed by atoms with Crippen molar-refractivity contribution in [3.63, 3.8) is 0 Å². The van der Waals surface area contributed by atoms with Crippen LogP contribution in [-0.4, -0.2) is 58.3 Å². The maximum atomic E-state index is 14.7. The molecule has 3 heterocycles. The molecule has 238 valence electrons. The molecule has 0 aliphatic heterocycles. The number of carbonyl (C=O) groups excluding carboxylic acids is 2. The Balaban J connectivity index is 1.82. The molecular weight excluding hydrogens is 662 g/mol. The quantitative estimate of drug-likeness (QED) is 0.183. The third-order valence-electron chi connectivity index (χ3n) is 6.66. The van der Waals surface area contributed by atoms with Gasteiger partial charge in [0.25, 0.3) is 5.91 Å². The van der Waals surface area contributed by atoms with Gasteiger partial charge in [-0.1, -0.05) is 34.8 Å². The molecule has 3 aromatic heterocycles. The van der Waals surface area contributed by atoms with E-state index in [1.807, 2.05) is 0 Å². The highest BCUT2D eigenvalue weighted by Gasteiger charge is 2.56. The number of fused-ring (bicyclic) bond motifs is 1. The number of alkyl halides is 3. The van der Waals surface area contributed by atoms with Crippen LogP contribution in [0.4, 0.5) is 13.2 Å². The minimum atomic E-state index is -5.38. The first-order valence-corrected chi connectivity index (χ1v) is 14.2. The first-order valence-electron chi connectivity index (χ1n) is 13.1. The van der Waals surface area contributed by atoms with Crippen LogP contribution < -0.4 is 20.5 Å². The maximum Gasteiger partial charge on any atom is 0.424 e. The minimum absolute atomic E-state index is 0.0314. The van der Waals surface area contributed by atoms with E-state index in [0.717, 1.165) is 6.07 Å². The van der Waals surface area contributed by atoms with E-state index < -0.39 is 42.3 Å². The zero-order valence-corrected chi connectivity index (χ0v) is 26.1. The molecule has 0 spiro atoms. The number of nitrogens with two attached hydrogens (primary N) is 1. The van der Waals surface area contributed by atoms with Gasteiger partial charge in [0, 0.05) is 28.3 Å². The lowest BCUT2D eigenvalue weighted by molar-refractivity contribution is -0.265. The standard InChI is InChI=1S/C29H25Cl3F3N5O5/c1-4-45-25-15(10-22(36)41)9-21(40-24(25)17-7-19(31)26(32)37-11-17)28(43,29(33,34)35)12-38-27(42)16-5-14-6-18(30)13(2)39-23(14)20(8-16)44-3/h5-9,11,43H,4,10,12H2,1-3H3,(H2,36,41)(H,38,42)/t28-/m0/s1. The van der Waals surface area contributed by atoms with Crippen molar-refractivity contribution >= 4 is 57.5 Å². The van der Waals surface area contributed by atoms with Gasteiger partial charge >= 0.3 is 6.18 Å². The number of hydrogen-bond donors (Lipinski definition) is 3. The highest BCUT2D eigenvalue weighted by atomic mass is 35.5. The average molecular weight is 687 g/mol. The summed E-state index contributed by atoms with van der Waals surface area (Å²) < 4.78 is 55.0. The number of aryl methyl sites for hydroxylation is 1. The Bertz CT molecular complexity index is 1810. The lowest BCUT2D eigenvalue weighted by Gasteiger charge is -2.31. The molecule has 1 atom stereocenters. The SMILES string of the molecule is CCOc1c(CC(N)=O)cc([C@@](O)(CNC(=O)c2cc(OC)c3nc(C)c(Cl)cc3c2)C(F)(F)F)nc1-c1cnc(Cl)c(Cl)c1. The van der Waals surface area contributed by atoms with Gasteiger partial charge in [0.1, 0.15) is 27.9 Å². The molecule has 2 amide bonds. The number of hydrogen-bond acceptors (Lipinski definition) is 8. The lowest BCUT2D eigenvalue weighted by Crippen LogP contribution is -2.51. The van der Waals surface area contributed by atoms with Gasteiger partial charge in [-0.25, -0.2) is 15.0 Å². The molecule has 4 N–H and O–H groups in total. The molecule has 0 fully saturated rings. The number of pyridine rings is 3. The zero-order chi connectivity index (χ0) is 33.3. The Morgan fingerprint density at radius 1 is 1.07 bits per heavy atom. The van der Waals surface area contributed by atoms with E-state index in [2.05, 4.69) is 20.3 Å². The van der Waals surface area contributed by atoms with Crippen LogP contribution in [0.3, 0.4) is 0 Å². The number of methoxy groups -OCH3 is 1. The summed E-state index contributed by atoms with van der Waals surface area (Å²) in [7, 11) is 1.34. The second kappa shape index (κ2) is 13.2. The van der Waals surface area contributed by atoms with Gasteiger partial charge in [-0.05, 0) is 44.2 Å². The number of aliphatic hydroxyl groups is 1. The summed E-state index contributed by atoms with van der Waals surface area (Å²) in [6, 6.07) is 6.32. The van der Waals surface area contributed by atoms with E-state index in [9.17, 15) is 27.9 Å². The number of primary amides is 1. The molecule has 0 aliphatic carbocycles. The first kappa shape index (κ1) is 34.0. The summed E-state index contributed by atoms with van der Waals surface area (Å²) in [6.07, 6.45) is -4.77. The molecule has 0 aliphatic rings. The minimum Gasteiger partial charge on any atom is -0.494 e. The average Bonchev–Trinajstić information content (AvgIpc) is 2.97. The van der Waals surface area contributed by atoms with Crippen LogP contribution in [0.25, 0.3) is 22.2 Å². The van der Waals surface area contributed by atoms with Crippen LogP contribution in [0.15, 0.2) is 36.5 Å². The van der Waals surface area contributed by atoms with E-state index in [1.54, 1.807) is 13.8 Å². The van der Waals surface area contributed by atoms with Crippen LogP contribution in [0.5, 0.6) is 11.5 Å². The van der Waals surface area contributed by atoms with Gasteiger partial charge in [-0.2, -0.15) is 13.2 Å². The van der Waals surface area contributed by atoms with Gasteiger partial charge in [-0.15, -0.1) is 0 Å². The highest BCUT2D eigenvalue weighted by Crippen LogP contribution is 2.42. The molecule has 0 bridgehead atoms. The molecule has 10 nitrogen and oxygen atoms in total.